The fourth-order valence-corrected chi connectivity index (χ4v) is 3.26. The first-order valence-electron chi connectivity index (χ1n) is 7.21. The Bertz CT molecular complexity index is 748. The smallest absolute Gasteiger partial charge is 0.426 e. The molecule has 26 heavy (non-hydrogen) atoms. The average Bonchev–Trinajstić information content (AvgIpc) is 3.04. The van der Waals surface area contributed by atoms with Crippen molar-refractivity contribution in [2.45, 2.75) is 26.6 Å². The number of halogens is 8. The zero-order chi connectivity index (χ0) is 20.0. The molecular weight excluding hydrogens is 426 g/mol. The predicted molar refractivity (Wildman–Crippen MR) is 86.9 cm³/mol. The summed E-state index contributed by atoms with van der Waals surface area (Å²) in [6.07, 6.45) is -3.95. The quantitative estimate of drug-likeness (QED) is 0.315. The average molecular weight is 438 g/mol. The van der Waals surface area contributed by atoms with E-state index in [2.05, 4.69) is 0 Å². The topological polar surface area (TPSA) is 26.3 Å². The summed E-state index contributed by atoms with van der Waals surface area (Å²) in [6.45, 7) is 2.52. The lowest BCUT2D eigenvalue weighted by Crippen LogP contribution is -2.12. The van der Waals surface area contributed by atoms with Crippen LogP contribution < -0.4 is 0 Å². The lowest BCUT2D eigenvalue weighted by atomic mass is 10.1. The highest BCUT2D eigenvalue weighted by molar-refractivity contribution is 6.36. The zero-order valence-electron chi connectivity index (χ0n) is 13.4. The van der Waals surface area contributed by atoms with Crippen molar-refractivity contribution in [1.29, 1.82) is 0 Å². The fraction of sp³-hybridized carbons (Fsp3) is 0.438. The predicted octanol–water partition coefficient (Wildman–Crippen LogP) is 6.27. The number of rotatable bonds is 4. The van der Waals surface area contributed by atoms with Gasteiger partial charge in [-0.15, -0.1) is 0 Å². The first kappa shape index (κ1) is 21.3. The van der Waals surface area contributed by atoms with Gasteiger partial charge in [0.25, 0.3) is 0 Å². The van der Waals surface area contributed by atoms with Gasteiger partial charge in [-0.25, -0.2) is 8.78 Å². The van der Waals surface area contributed by atoms with Crippen LogP contribution in [0.2, 0.25) is 10.0 Å². The highest BCUT2D eigenvalue weighted by Gasteiger charge is 2.62. The van der Waals surface area contributed by atoms with E-state index in [1.807, 2.05) is 0 Å². The van der Waals surface area contributed by atoms with Gasteiger partial charge in [-0.05, 0) is 11.3 Å². The van der Waals surface area contributed by atoms with Crippen LogP contribution in [-0.4, -0.2) is 12.1 Å². The molecule has 0 radical (unpaired) electrons. The second kappa shape index (κ2) is 7.17. The van der Waals surface area contributed by atoms with Gasteiger partial charge >= 0.3 is 12.1 Å². The van der Waals surface area contributed by atoms with E-state index >= 15 is 0 Å². The number of carbonyl (C=O) groups excluding carboxylic acids is 1. The van der Waals surface area contributed by atoms with Crippen LogP contribution in [0.1, 0.15) is 19.4 Å². The first-order chi connectivity index (χ1) is 11.8. The highest BCUT2D eigenvalue weighted by Crippen LogP contribution is 2.60. The minimum atomic E-state index is -4.71. The van der Waals surface area contributed by atoms with Gasteiger partial charge in [0.2, 0.25) is 0 Å². The second-order valence-electron chi connectivity index (χ2n) is 6.39. The third-order valence-electron chi connectivity index (χ3n) is 4.32. The molecule has 1 aliphatic carbocycles. The van der Waals surface area contributed by atoms with Gasteiger partial charge in [-0.2, -0.15) is 13.2 Å². The summed E-state index contributed by atoms with van der Waals surface area (Å²) in [6, 6.07) is 0.486. The maximum atomic E-state index is 13.5. The molecule has 0 N–H and O–H groups in total. The number of carbonyl (C=O) groups is 1. The Morgan fingerprint density at radius 3 is 2.19 bits per heavy atom. The summed E-state index contributed by atoms with van der Waals surface area (Å²) in [5.41, 5.74) is -1.08. The number of ether oxygens (including phenoxy) is 1. The SMILES string of the molecule is CC1(C)[C@H](C(=O)OCc2c(Cl)c(F)cc(F)c2Cl)[C@@H]1/C=C(\Cl)C(F)(F)F. The van der Waals surface area contributed by atoms with Crippen LogP contribution in [0, 0.1) is 28.9 Å². The van der Waals surface area contributed by atoms with Gasteiger partial charge in [0.1, 0.15) is 23.3 Å². The van der Waals surface area contributed by atoms with Crippen LogP contribution in [-0.2, 0) is 16.1 Å². The molecule has 0 spiro atoms. The zero-order valence-corrected chi connectivity index (χ0v) is 15.6. The number of alkyl halides is 3. The van der Waals surface area contributed by atoms with Crippen LogP contribution in [0.25, 0.3) is 0 Å². The lowest BCUT2D eigenvalue weighted by Gasteiger charge is -2.10. The van der Waals surface area contributed by atoms with Gasteiger partial charge in [0.05, 0.1) is 16.0 Å². The standard InChI is InChI=1S/C16H12Cl3F5O2/c1-15(2)7(3-10(17)16(22,23)24)11(15)14(25)26-5-6-12(18)8(20)4-9(21)13(6)19/h3-4,7,11H,5H2,1-2H3/b10-3-/t7-,11-/m0/s1. The molecule has 0 heterocycles. The molecule has 0 aromatic heterocycles. The van der Waals surface area contributed by atoms with Crippen molar-refractivity contribution in [3.8, 4) is 0 Å². The van der Waals surface area contributed by atoms with Crippen LogP contribution in [0.4, 0.5) is 22.0 Å². The maximum absolute atomic E-state index is 13.5. The van der Waals surface area contributed by atoms with Gasteiger partial charge in [0, 0.05) is 11.6 Å². The van der Waals surface area contributed by atoms with Crippen LogP contribution in [0.3, 0.4) is 0 Å². The Morgan fingerprint density at radius 2 is 1.73 bits per heavy atom. The van der Waals surface area contributed by atoms with Crippen molar-refractivity contribution < 1.29 is 31.5 Å². The van der Waals surface area contributed by atoms with Crippen LogP contribution in [0.5, 0.6) is 0 Å². The van der Waals surface area contributed by atoms with Crippen molar-refractivity contribution >= 4 is 40.8 Å². The summed E-state index contributed by atoms with van der Waals surface area (Å²) < 4.78 is 69.5. The van der Waals surface area contributed by atoms with E-state index < -0.39 is 62.7 Å². The normalized spacial score (nSPS) is 22.3. The van der Waals surface area contributed by atoms with E-state index in [0.29, 0.717) is 6.07 Å². The van der Waals surface area contributed by atoms with E-state index in [4.69, 9.17) is 39.5 Å². The van der Waals surface area contributed by atoms with E-state index in [0.717, 1.165) is 6.08 Å². The number of hydrogen-bond acceptors (Lipinski definition) is 2. The molecule has 0 unspecified atom stereocenters. The molecule has 0 aliphatic heterocycles. The summed E-state index contributed by atoms with van der Waals surface area (Å²) >= 11 is 16.6. The Labute approximate surface area is 160 Å². The molecule has 2 atom stereocenters. The molecule has 0 saturated heterocycles. The number of benzene rings is 1. The molecular formula is C16H12Cl3F5O2. The molecule has 144 valence electrons. The van der Waals surface area contributed by atoms with E-state index in [-0.39, 0.29) is 5.56 Å². The molecule has 0 bridgehead atoms. The minimum absolute atomic E-state index is 0.266. The highest BCUT2D eigenvalue weighted by atomic mass is 35.5. The summed E-state index contributed by atoms with van der Waals surface area (Å²) in [5, 5.41) is -2.34. The summed E-state index contributed by atoms with van der Waals surface area (Å²) in [4.78, 5) is 12.2. The molecule has 0 amide bonds. The molecule has 2 rings (SSSR count). The maximum Gasteiger partial charge on any atom is 0.426 e. The van der Waals surface area contributed by atoms with Crippen molar-refractivity contribution in [3.05, 3.63) is 44.4 Å². The Kier molecular flexibility index (Phi) is 5.86. The Morgan fingerprint density at radius 1 is 1.23 bits per heavy atom. The van der Waals surface area contributed by atoms with E-state index in [1.165, 1.54) is 0 Å². The van der Waals surface area contributed by atoms with Crippen molar-refractivity contribution in [2.75, 3.05) is 0 Å². The van der Waals surface area contributed by atoms with Gasteiger partial charge in [0.15, 0.2) is 0 Å². The van der Waals surface area contributed by atoms with Gasteiger partial charge in [-0.1, -0.05) is 54.7 Å². The minimum Gasteiger partial charge on any atom is -0.460 e. The van der Waals surface area contributed by atoms with E-state index in [9.17, 15) is 26.7 Å². The third-order valence-corrected chi connectivity index (χ3v) is 5.48. The van der Waals surface area contributed by atoms with Gasteiger partial charge in [-0.3, -0.25) is 4.79 Å². The Balaban J connectivity index is 2.13. The molecule has 1 aliphatic rings. The first-order valence-corrected chi connectivity index (χ1v) is 8.34. The van der Waals surface area contributed by atoms with E-state index in [1.54, 1.807) is 13.8 Å². The molecule has 2 nitrogen and oxygen atoms in total. The molecule has 1 aromatic carbocycles. The number of hydrogen-bond donors (Lipinski definition) is 0. The number of esters is 1. The lowest BCUT2D eigenvalue weighted by molar-refractivity contribution is -0.147. The third kappa shape index (κ3) is 4.10. The summed E-state index contributed by atoms with van der Waals surface area (Å²) in [7, 11) is 0. The van der Waals surface area contributed by atoms with Gasteiger partial charge < -0.3 is 4.74 Å². The van der Waals surface area contributed by atoms with Crippen LogP contribution >= 0.6 is 34.8 Å². The fourth-order valence-electron chi connectivity index (χ4n) is 2.67. The number of allylic oxidation sites excluding steroid dienone is 2. The largest absolute Gasteiger partial charge is 0.460 e. The monoisotopic (exact) mass is 436 g/mol. The molecule has 10 heteroatoms. The Hall–Kier alpha value is -1.05. The van der Waals surface area contributed by atoms with Crippen molar-refractivity contribution in [3.63, 3.8) is 0 Å². The van der Waals surface area contributed by atoms with Crippen LogP contribution in [0.15, 0.2) is 17.2 Å². The second-order valence-corrected chi connectivity index (χ2v) is 7.55. The van der Waals surface area contributed by atoms with Crippen molar-refractivity contribution in [1.82, 2.24) is 0 Å². The molecule has 1 saturated carbocycles. The summed E-state index contributed by atoms with van der Waals surface area (Å²) in [5.74, 6) is -4.69. The van der Waals surface area contributed by atoms with Crippen molar-refractivity contribution in [2.24, 2.45) is 17.3 Å². The molecule has 1 aromatic rings. The molecule has 1 fully saturated rings.